The van der Waals surface area contributed by atoms with E-state index in [2.05, 4.69) is 9.97 Å². The van der Waals surface area contributed by atoms with Crippen molar-refractivity contribution < 1.29 is 9.90 Å². The Hall–Kier alpha value is -2.14. The lowest BCUT2D eigenvalue weighted by Crippen LogP contribution is -2.05. The molecule has 0 aliphatic rings. The number of aromatic carboxylic acids is 1. The van der Waals surface area contributed by atoms with Crippen LogP contribution < -0.4 is 5.73 Å². The molecule has 0 fully saturated rings. The molecule has 1 aromatic carbocycles. The Morgan fingerprint density at radius 1 is 1.29 bits per heavy atom. The SMILES string of the molecule is Nc1ncc(C(=O)O)nc1-c1ccc(Cl)cc1. The summed E-state index contributed by atoms with van der Waals surface area (Å²) in [7, 11) is 0. The van der Waals surface area contributed by atoms with Crippen LogP contribution in [0.1, 0.15) is 10.5 Å². The van der Waals surface area contributed by atoms with E-state index in [9.17, 15) is 4.79 Å². The molecular formula is C11H8ClN3O2. The van der Waals surface area contributed by atoms with E-state index < -0.39 is 5.97 Å². The summed E-state index contributed by atoms with van der Waals surface area (Å²) >= 11 is 5.76. The molecule has 3 N–H and O–H groups in total. The number of nitrogen functional groups attached to an aromatic ring is 1. The highest BCUT2D eigenvalue weighted by Gasteiger charge is 2.11. The quantitative estimate of drug-likeness (QED) is 0.851. The molecule has 0 unspecified atom stereocenters. The van der Waals surface area contributed by atoms with Gasteiger partial charge in [0.25, 0.3) is 0 Å². The molecule has 0 bridgehead atoms. The van der Waals surface area contributed by atoms with Crippen LogP contribution in [0.4, 0.5) is 5.82 Å². The van der Waals surface area contributed by atoms with Gasteiger partial charge in [-0.1, -0.05) is 23.7 Å². The number of hydrogen-bond donors (Lipinski definition) is 2. The summed E-state index contributed by atoms with van der Waals surface area (Å²) in [5.41, 5.74) is 6.51. The zero-order chi connectivity index (χ0) is 12.4. The fourth-order valence-electron chi connectivity index (χ4n) is 1.32. The predicted molar refractivity (Wildman–Crippen MR) is 63.8 cm³/mol. The van der Waals surface area contributed by atoms with E-state index in [1.165, 1.54) is 0 Å². The van der Waals surface area contributed by atoms with Gasteiger partial charge in [-0.3, -0.25) is 0 Å². The summed E-state index contributed by atoms with van der Waals surface area (Å²) in [6.45, 7) is 0. The van der Waals surface area contributed by atoms with Crippen LogP contribution in [0.2, 0.25) is 5.02 Å². The number of carbonyl (C=O) groups is 1. The average Bonchev–Trinajstić information content (AvgIpc) is 2.31. The first kappa shape index (κ1) is 11.3. The molecule has 5 nitrogen and oxygen atoms in total. The number of nitrogens with zero attached hydrogens (tertiary/aromatic N) is 2. The van der Waals surface area contributed by atoms with Crippen LogP contribution >= 0.6 is 11.6 Å². The lowest BCUT2D eigenvalue weighted by molar-refractivity contribution is 0.0690. The van der Waals surface area contributed by atoms with Gasteiger partial charge < -0.3 is 10.8 Å². The van der Waals surface area contributed by atoms with Gasteiger partial charge in [0.2, 0.25) is 0 Å². The van der Waals surface area contributed by atoms with Crippen molar-refractivity contribution in [3.05, 3.63) is 41.2 Å². The fraction of sp³-hybridized carbons (Fsp3) is 0. The molecule has 0 amide bonds. The number of anilines is 1. The Morgan fingerprint density at radius 3 is 2.53 bits per heavy atom. The van der Waals surface area contributed by atoms with Crippen molar-refractivity contribution in [1.29, 1.82) is 0 Å². The summed E-state index contributed by atoms with van der Waals surface area (Å²) in [4.78, 5) is 18.5. The molecule has 2 rings (SSSR count). The first-order valence-corrected chi connectivity index (χ1v) is 5.07. The van der Waals surface area contributed by atoms with Crippen LogP contribution in [0.3, 0.4) is 0 Å². The Kier molecular flexibility index (Phi) is 2.93. The Balaban J connectivity index is 2.54. The molecule has 17 heavy (non-hydrogen) atoms. The number of hydrogen-bond acceptors (Lipinski definition) is 4. The van der Waals surface area contributed by atoms with E-state index in [1.54, 1.807) is 24.3 Å². The molecule has 1 aromatic heterocycles. The van der Waals surface area contributed by atoms with E-state index in [4.69, 9.17) is 22.4 Å². The largest absolute Gasteiger partial charge is 0.476 e. The van der Waals surface area contributed by atoms with E-state index in [-0.39, 0.29) is 11.5 Å². The van der Waals surface area contributed by atoms with Gasteiger partial charge in [-0.05, 0) is 12.1 Å². The third-order valence-electron chi connectivity index (χ3n) is 2.14. The third kappa shape index (κ3) is 2.34. The molecule has 0 atom stereocenters. The van der Waals surface area contributed by atoms with Crippen LogP contribution in [0.15, 0.2) is 30.5 Å². The van der Waals surface area contributed by atoms with Crippen LogP contribution in [0, 0.1) is 0 Å². The van der Waals surface area contributed by atoms with E-state index >= 15 is 0 Å². The molecule has 2 aromatic rings. The molecule has 0 saturated carbocycles. The number of rotatable bonds is 2. The number of halogens is 1. The average molecular weight is 250 g/mol. The highest BCUT2D eigenvalue weighted by atomic mass is 35.5. The van der Waals surface area contributed by atoms with Crippen LogP contribution in [-0.2, 0) is 0 Å². The molecule has 6 heteroatoms. The normalized spacial score (nSPS) is 10.2. The van der Waals surface area contributed by atoms with Gasteiger partial charge in [0.1, 0.15) is 11.5 Å². The van der Waals surface area contributed by atoms with Crippen LogP contribution in [0.5, 0.6) is 0 Å². The van der Waals surface area contributed by atoms with Crippen molar-refractivity contribution in [2.24, 2.45) is 0 Å². The summed E-state index contributed by atoms with van der Waals surface area (Å²) < 4.78 is 0. The van der Waals surface area contributed by atoms with Gasteiger partial charge in [0, 0.05) is 10.6 Å². The first-order valence-electron chi connectivity index (χ1n) is 4.69. The maximum Gasteiger partial charge on any atom is 0.356 e. The molecule has 0 radical (unpaired) electrons. The topological polar surface area (TPSA) is 89.1 Å². The zero-order valence-electron chi connectivity index (χ0n) is 8.59. The molecule has 0 saturated heterocycles. The Morgan fingerprint density at radius 2 is 1.94 bits per heavy atom. The minimum Gasteiger partial charge on any atom is -0.476 e. The third-order valence-corrected chi connectivity index (χ3v) is 2.39. The van der Waals surface area contributed by atoms with Crippen molar-refractivity contribution in [2.75, 3.05) is 5.73 Å². The molecule has 0 aliphatic carbocycles. The van der Waals surface area contributed by atoms with Gasteiger partial charge >= 0.3 is 5.97 Å². The summed E-state index contributed by atoms with van der Waals surface area (Å²) in [6.07, 6.45) is 1.12. The van der Waals surface area contributed by atoms with Gasteiger partial charge in [0.15, 0.2) is 5.69 Å². The highest BCUT2D eigenvalue weighted by molar-refractivity contribution is 6.30. The number of aromatic nitrogens is 2. The lowest BCUT2D eigenvalue weighted by atomic mass is 10.1. The van der Waals surface area contributed by atoms with E-state index in [0.717, 1.165) is 6.20 Å². The molecule has 0 aliphatic heterocycles. The Bertz CT molecular complexity index is 569. The number of benzene rings is 1. The number of carboxylic acid groups (broad SMARTS) is 1. The van der Waals surface area contributed by atoms with E-state index in [0.29, 0.717) is 16.3 Å². The number of nitrogens with two attached hydrogens (primary N) is 1. The summed E-state index contributed by atoms with van der Waals surface area (Å²) in [5.74, 6) is -0.968. The van der Waals surface area contributed by atoms with Crippen molar-refractivity contribution in [3.8, 4) is 11.3 Å². The van der Waals surface area contributed by atoms with Gasteiger partial charge in [-0.25, -0.2) is 14.8 Å². The smallest absolute Gasteiger partial charge is 0.356 e. The molecule has 0 spiro atoms. The van der Waals surface area contributed by atoms with Crippen molar-refractivity contribution in [1.82, 2.24) is 9.97 Å². The fourth-order valence-corrected chi connectivity index (χ4v) is 1.45. The minimum atomic E-state index is -1.15. The summed E-state index contributed by atoms with van der Waals surface area (Å²) in [6, 6.07) is 6.75. The van der Waals surface area contributed by atoms with Crippen LogP contribution in [0.25, 0.3) is 11.3 Å². The second-order valence-corrected chi connectivity index (χ2v) is 3.74. The van der Waals surface area contributed by atoms with Crippen molar-refractivity contribution in [2.45, 2.75) is 0 Å². The standard InChI is InChI=1S/C11H8ClN3O2/c12-7-3-1-6(2-4-7)9-10(13)14-5-8(15-9)11(16)17/h1-5H,(H2,13,14)(H,16,17). The van der Waals surface area contributed by atoms with Crippen LogP contribution in [-0.4, -0.2) is 21.0 Å². The molecule has 86 valence electrons. The second kappa shape index (κ2) is 4.39. The molecular weight excluding hydrogens is 242 g/mol. The van der Waals surface area contributed by atoms with Crippen molar-refractivity contribution in [3.63, 3.8) is 0 Å². The second-order valence-electron chi connectivity index (χ2n) is 3.30. The van der Waals surface area contributed by atoms with E-state index in [1.807, 2.05) is 0 Å². The van der Waals surface area contributed by atoms with Gasteiger partial charge in [0.05, 0.1) is 6.20 Å². The zero-order valence-corrected chi connectivity index (χ0v) is 9.35. The maximum absolute atomic E-state index is 10.8. The van der Waals surface area contributed by atoms with Gasteiger partial charge in [-0.15, -0.1) is 0 Å². The number of carboxylic acids is 1. The Labute approximate surface area is 102 Å². The maximum atomic E-state index is 10.8. The minimum absolute atomic E-state index is 0.149. The summed E-state index contributed by atoms with van der Waals surface area (Å²) in [5, 5.41) is 9.41. The van der Waals surface area contributed by atoms with Crippen molar-refractivity contribution >= 4 is 23.4 Å². The van der Waals surface area contributed by atoms with Gasteiger partial charge in [-0.2, -0.15) is 0 Å². The molecule has 1 heterocycles. The predicted octanol–water partition coefficient (Wildman–Crippen LogP) is 2.08. The lowest BCUT2D eigenvalue weighted by Gasteiger charge is -2.05. The highest BCUT2D eigenvalue weighted by Crippen LogP contribution is 2.23. The monoisotopic (exact) mass is 249 g/mol. The first-order chi connectivity index (χ1) is 8.08.